The molecule has 0 bridgehead atoms. The van der Waals surface area contributed by atoms with Gasteiger partial charge >= 0.3 is 0 Å². The fraction of sp³-hybridized carbons (Fsp3) is 0. The van der Waals surface area contributed by atoms with E-state index in [0.717, 1.165) is 77.2 Å². The molecule has 55 heavy (non-hydrogen) atoms. The number of rotatable bonds is 4. The first-order valence-corrected chi connectivity index (χ1v) is 18.6. The number of para-hydroxylation sites is 6. The molecule has 8 aromatic carbocycles. The highest BCUT2D eigenvalue weighted by atomic mass is 16.3. The monoisotopic (exact) mass is 702 g/mol. The Balaban J connectivity index is 1.06. The largest absolute Gasteiger partial charge is 0.455 e. The van der Waals surface area contributed by atoms with Crippen molar-refractivity contribution in [2.24, 2.45) is 0 Å². The first-order valence-electron chi connectivity index (χ1n) is 18.6. The van der Waals surface area contributed by atoms with Gasteiger partial charge < -0.3 is 8.98 Å². The third kappa shape index (κ3) is 4.41. The van der Waals surface area contributed by atoms with Gasteiger partial charge in [-0.15, -0.1) is 0 Å². The Bertz CT molecular complexity index is 3500. The number of furan rings is 1. The minimum atomic E-state index is 0.621. The van der Waals surface area contributed by atoms with Crippen LogP contribution in [0.3, 0.4) is 0 Å². The molecular weight excluding hydrogens is 673 g/mol. The van der Waals surface area contributed by atoms with Gasteiger partial charge in [-0.05, 0) is 77.9 Å². The lowest BCUT2D eigenvalue weighted by atomic mass is 10.0. The van der Waals surface area contributed by atoms with Gasteiger partial charge in [0.2, 0.25) is 5.95 Å². The summed E-state index contributed by atoms with van der Waals surface area (Å²) >= 11 is 0. The highest BCUT2D eigenvalue weighted by molar-refractivity contribution is 6.14. The summed E-state index contributed by atoms with van der Waals surface area (Å²) in [7, 11) is 0. The summed E-state index contributed by atoms with van der Waals surface area (Å²) in [5, 5.41) is 7.92. The molecule has 4 aromatic heterocycles. The molecule has 256 valence electrons. The molecule has 12 aromatic rings. The van der Waals surface area contributed by atoms with Crippen molar-refractivity contribution in [2.75, 3.05) is 0 Å². The van der Waals surface area contributed by atoms with Crippen molar-refractivity contribution in [3.63, 3.8) is 0 Å². The summed E-state index contributed by atoms with van der Waals surface area (Å²) < 4.78 is 11.1. The molecule has 0 amide bonds. The SMILES string of the molecule is c1ccc(-n2c3ccccc3c3cc(-c4ccc5c(c4)c4ccccc4n5-c4nc(-c5cccc6c5oc5ccccc56)c5ccccc5n4)ccc32)cc1. The van der Waals surface area contributed by atoms with Gasteiger partial charge in [0.25, 0.3) is 0 Å². The molecule has 0 fully saturated rings. The van der Waals surface area contributed by atoms with Crippen LogP contribution in [0.4, 0.5) is 0 Å². The smallest absolute Gasteiger partial charge is 0.235 e. The summed E-state index contributed by atoms with van der Waals surface area (Å²) in [5.41, 5.74) is 12.3. The number of fused-ring (bicyclic) bond motifs is 10. The Hall–Kier alpha value is -7.50. The van der Waals surface area contributed by atoms with E-state index < -0.39 is 0 Å². The molecule has 5 nitrogen and oxygen atoms in total. The van der Waals surface area contributed by atoms with Gasteiger partial charge in [0, 0.05) is 49.0 Å². The maximum Gasteiger partial charge on any atom is 0.235 e. The molecular formula is C50H30N4O. The topological polar surface area (TPSA) is 48.8 Å². The fourth-order valence-electron chi connectivity index (χ4n) is 8.68. The Morgan fingerprint density at radius 1 is 0.382 bits per heavy atom. The molecule has 0 unspecified atom stereocenters. The zero-order valence-electron chi connectivity index (χ0n) is 29.5. The van der Waals surface area contributed by atoms with Crippen molar-refractivity contribution < 1.29 is 4.42 Å². The van der Waals surface area contributed by atoms with Gasteiger partial charge in [-0.1, -0.05) is 115 Å². The van der Waals surface area contributed by atoms with Crippen molar-refractivity contribution >= 4 is 76.5 Å². The van der Waals surface area contributed by atoms with Gasteiger partial charge in [-0.3, -0.25) is 4.57 Å². The summed E-state index contributed by atoms with van der Waals surface area (Å²) in [4.78, 5) is 10.6. The fourth-order valence-corrected chi connectivity index (χ4v) is 8.68. The predicted molar refractivity (Wildman–Crippen MR) is 226 cm³/mol. The average molecular weight is 703 g/mol. The van der Waals surface area contributed by atoms with Crippen molar-refractivity contribution in [3.8, 4) is 34.0 Å². The van der Waals surface area contributed by atoms with Crippen molar-refractivity contribution in [2.45, 2.75) is 0 Å². The lowest BCUT2D eigenvalue weighted by Gasteiger charge is -2.12. The van der Waals surface area contributed by atoms with Crippen LogP contribution in [0.25, 0.3) is 110 Å². The summed E-state index contributed by atoms with van der Waals surface area (Å²) in [6.45, 7) is 0. The summed E-state index contributed by atoms with van der Waals surface area (Å²) in [5.74, 6) is 0.621. The van der Waals surface area contributed by atoms with E-state index in [-0.39, 0.29) is 0 Å². The molecule has 5 heteroatoms. The minimum absolute atomic E-state index is 0.621. The summed E-state index contributed by atoms with van der Waals surface area (Å²) in [6, 6.07) is 64.3. The molecule has 0 aliphatic heterocycles. The van der Waals surface area contributed by atoms with Crippen LogP contribution >= 0.6 is 0 Å². The maximum absolute atomic E-state index is 6.52. The van der Waals surface area contributed by atoms with Crippen molar-refractivity contribution in [1.82, 2.24) is 19.1 Å². The molecule has 0 aliphatic carbocycles. The molecule has 0 atom stereocenters. The quantitative estimate of drug-likeness (QED) is 0.183. The van der Waals surface area contributed by atoms with Gasteiger partial charge in [-0.2, -0.15) is 0 Å². The van der Waals surface area contributed by atoms with Crippen LogP contribution in [0.15, 0.2) is 186 Å². The first kappa shape index (κ1) is 30.0. The Morgan fingerprint density at radius 3 is 1.69 bits per heavy atom. The van der Waals surface area contributed by atoms with E-state index in [0.29, 0.717) is 5.95 Å². The maximum atomic E-state index is 6.52. The molecule has 12 rings (SSSR count). The van der Waals surface area contributed by atoms with Gasteiger partial charge in [0.15, 0.2) is 0 Å². The molecule has 0 radical (unpaired) electrons. The Morgan fingerprint density at radius 2 is 0.945 bits per heavy atom. The number of hydrogen-bond acceptors (Lipinski definition) is 3. The highest BCUT2D eigenvalue weighted by Gasteiger charge is 2.21. The van der Waals surface area contributed by atoms with Gasteiger partial charge in [0.1, 0.15) is 11.2 Å². The van der Waals surface area contributed by atoms with E-state index in [4.69, 9.17) is 14.4 Å². The van der Waals surface area contributed by atoms with Crippen LogP contribution in [0.1, 0.15) is 0 Å². The lowest BCUT2D eigenvalue weighted by molar-refractivity contribution is 0.670. The van der Waals surface area contributed by atoms with E-state index in [1.165, 1.54) is 27.4 Å². The van der Waals surface area contributed by atoms with E-state index >= 15 is 0 Å². The molecule has 0 N–H and O–H groups in total. The lowest BCUT2D eigenvalue weighted by Crippen LogP contribution is -2.03. The number of benzene rings is 8. The molecule has 4 heterocycles. The van der Waals surface area contributed by atoms with E-state index in [1.54, 1.807) is 0 Å². The van der Waals surface area contributed by atoms with E-state index in [2.05, 4.69) is 167 Å². The van der Waals surface area contributed by atoms with Crippen molar-refractivity contribution in [3.05, 3.63) is 182 Å². The third-order valence-electron chi connectivity index (χ3n) is 11.1. The van der Waals surface area contributed by atoms with E-state index in [9.17, 15) is 0 Å². The van der Waals surface area contributed by atoms with Gasteiger partial charge in [-0.25, -0.2) is 9.97 Å². The van der Waals surface area contributed by atoms with Crippen LogP contribution in [0.2, 0.25) is 0 Å². The third-order valence-corrected chi connectivity index (χ3v) is 11.1. The average Bonchev–Trinajstić information content (AvgIpc) is 3.91. The minimum Gasteiger partial charge on any atom is -0.455 e. The Labute approximate surface area is 315 Å². The number of aromatic nitrogens is 4. The molecule has 0 aliphatic rings. The van der Waals surface area contributed by atoms with Crippen LogP contribution in [-0.2, 0) is 0 Å². The highest BCUT2D eigenvalue weighted by Crippen LogP contribution is 2.40. The molecule has 0 spiro atoms. The van der Waals surface area contributed by atoms with E-state index in [1.807, 2.05) is 24.3 Å². The second kappa shape index (κ2) is 11.5. The molecule has 0 saturated carbocycles. The molecule has 0 saturated heterocycles. The first-order chi connectivity index (χ1) is 27.3. The van der Waals surface area contributed by atoms with Crippen LogP contribution in [0.5, 0.6) is 0 Å². The normalized spacial score (nSPS) is 12.0. The van der Waals surface area contributed by atoms with Crippen LogP contribution < -0.4 is 0 Å². The Kier molecular flexibility index (Phi) is 6.27. The number of nitrogens with zero attached hydrogens (tertiary/aromatic N) is 4. The van der Waals surface area contributed by atoms with Gasteiger partial charge in [0.05, 0.1) is 33.3 Å². The zero-order chi connectivity index (χ0) is 36.0. The predicted octanol–water partition coefficient (Wildman–Crippen LogP) is 13.1. The van der Waals surface area contributed by atoms with Crippen molar-refractivity contribution in [1.29, 1.82) is 0 Å². The van der Waals surface area contributed by atoms with Crippen LogP contribution in [-0.4, -0.2) is 19.1 Å². The summed E-state index contributed by atoms with van der Waals surface area (Å²) in [6.07, 6.45) is 0. The second-order valence-corrected chi connectivity index (χ2v) is 14.2. The van der Waals surface area contributed by atoms with Crippen LogP contribution in [0, 0.1) is 0 Å². The zero-order valence-corrected chi connectivity index (χ0v) is 29.5. The standard InChI is InChI=1S/C50H30N4O/c1-2-13-33(14-3-1)53-43-22-9-5-15-34(43)40-29-31(25-27-45(40)53)32-26-28-46-41(30-32)35-16-6-10-23-44(35)54(46)50-51-42-21-8-4-18-38(42)48(52-50)39-20-12-19-37-36-17-7-11-24-47(36)55-49(37)39/h1-30H. The second-order valence-electron chi connectivity index (χ2n) is 14.2. The number of hydrogen-bond donors (Lipinski definition) is 0.